The normalized spacial score (nSPS) is 11.0. The van der Waals surface area contributed by atoms with Crippen molar-refractivity contribution < 1.29 is 4.74 Å². The monoisotopic (exact) mass is 316 g/mol. The summed E-state index contributed by atoms with van der Waals surface area (Å²) in [5, 5.41) is 3.24. The van der Waals surface area contributed by atoms with Crippen molar-refractivity contribution in [3.8, 4) is 0 Å². The van der Waals surface area contributed by atoms with Crippen LogP contribution >= 0.6 is 15.9 Å². The molecule has 0 atom stereocenters. The van der Waals surface area contributed by atoms with E-state index in [1.807, 2.05) is 21.0 Å². The number of aromatic nitrogens is 2. The molecule has 0 aromatic carbocycles. The van der Waals surface area contributed by atoms with E-state index in [4.69, 9.17) is 4.74 Å². The third-order valence-electron chi connectivity index (χ3n) is 2.37. The lowest BCUT2D eigenvalue weighted by molar-refractivity contribution is 0.180. The summed E-state index contributed by atoms with van der Waals surface area (Å²) in [6.45, 7) is 4.29. The maximum absolute atomic E-state index is 5.16. The Morgan fingerprint density at radius 3 is 2.61 bits per heavy atom. The molecule has 18 heavy (non-hydrogen) atoms. The van der Waals surface area contributed by atoms with Crippen molar-refractivity contribution in [3.63, 3.8) is 0 Å². The maximum Gasteiger partial charge on any atom is 0.144 e. The number of nitrogens with one attached hydrogen (secondary N) is 1. The van der Waals surface area contributed by atoms with E-state index in [0.717, 1.165) is 41.3 Å². The summed E-state index contributed by atoms with van der Waals surface area (Å²) in [6.07, 6.45) is 0.829. The first-order chi connectivity index (χ1) is 8.58. The Bertz CT molecular complexity index is 357. The molecule has 1 heterocycles. The Morgan fingerprint density at radius 2 is 2.06 bits per heavy atom. The van der Waals surface area contributed by atoms with Gasteiger partial charge in [0.1, 0.15) is 11.6 Å². The van der Waals surface area contributed by atoms with Gasteiger partial charge < -0.3 is 15.0 Å². The first kappa shape index (κ1) is 15.3. The van der Waals surface area contributed by atoms with Gasteiger partial charge in [0.05, 0.1) is 16.8 Å². The fourth-order valence-electron chi connectivity index (χ4n) is 1.50. The van der Waals surface area contributed by atoms with E-state index in [-0.39, 0.29) is 0 Å². The summed E-state index contributed by atoms with van der Waals surface area (Å²) in [7, 11) is 5.75. The van der Waals surface area contributed by atoms with Crippen LogP contribution in [0.5, 0.6) is 0 Å². The number of anilines is 1. The number of halogens is 1. The molecule has 102 valence electrons. The van der Waals surface area contributed by atoms with Crippen molar-refractivity contribution in [2.75, 3.05) is 39.6 Å². The first-order valence-electron chi connectivity index (χ1n) is 6.01. The van der Waals surface area contributed by atoms with Gasteiger partial charge in [0.25, 0.3) is 0 Å². The quantitative estimate of drug-likeness (QED) is 0.833. The van der Waals surface area contributed by atoms with Gasteiger partial charge in [-0.2, -0.15) is 0 Å². The molecular formula is C12H21BrN4O. The molecule has 1 rings (SSSR count). The van der Waals surface area contributed by atoms with Gasteiger partial charge >= 0.3 is 0 Å². The Hall–Kier alpha value is -0.720. The molecule has 1 aromatic heterocycles. The highest BCUT2D eigenvalue weighted by molar-refractivity contribution is 9.10. The fraction of sp³-hybridized carbons (Fsp3) is 0.667. The van der Waals surface area contributed by atoms with Crippen LogP contribution in [0.1, 0.15) is 18.4 Å². The smallest absolute Gasteiger partial charge is 0.144 e. The average molecular weight is 317 g/mol. The van der Waals surface area contributed by atoms with Gasteiger partial charge in [-0.3, -0.25) is 0 Å². The number of hydrogen-bond donors (Lipinski definition) is 1. The highest BCUT2D eigenvalue weighted by Crippen LogP contribution is 2.24. The minimum absolute atomic E-state index is 0.483. The zero-order valence-electron chi connectivity index (χ0n) is 11.5. The third kappa shape index (κ3) is 4.51. The van der Waals surface area contributed by atoms with Crippen LogP contribution in [-0.4, -0.2) is 49.2 Å². The lowest BCUT2D eigenvalue weighted by Crippen LogP contribution is -2.17. The van der Waals surface area contributed by atoms with Crippen molar-refractivity contribution in [1.82, 2.24) is 14.9 Å². The SMILES string of the molecule is CCNc1nc(CCN(C)C)nc(COC)c1Br. The zero-order chi connectivity index (χ0) is 13.5. The highest BCUT2D eigenvalue weighted by Gasteiger charge is 2.11. The van der Waals surface area contributed by atoms with E-state index in [9.17, 15) is 0 Å². The van der Waals surface area contributed by atoms with Gasteiger partial charge in [0.2, 0.25) is 0 Å². The van der Waals surface area contributed by atoms with E-state index < -0.39 is 0 Å². The van der Waals surface area contributed by atoms with Gasteiger partial charge in [-0.1, -0.05) is 0 Å². The van der Waals surface area contributed by atoms with E-state index in [1.54, 1.807) is 7.11 Å². The van der Waals surface area contributed by atoms with Crippen LogP contribution in [0.4, 0.5) is 5.82 Å². The van der Waals surface area contributed by atoms with Crippen molar-refractivity contribution in [2.45, 2.75) is 20.0 Å². The number of nitrogens with zero attached hydrogens (tertiary/aromatic N) is 3. The summed E-state index contributed by atoms with van der Waals surface area (Å²) in [5.74, 6) is 1.68. The van der Waals surface area contributed by atoms with Gasteiger partial charge in [-0.25, -0.2) is 9.97 Å². The molecule has 0 spiro atoms. The van der Waals surface area contributed by atoms with Crippen LogP contribution in [0.25, 0.3) is 0 Å². The summed E-state index contributed by atoms with van der Waals surface area (Å²) < 4.78 is 6.05. The molecule has 0 fully saturated rings. The van der Waals surface area contributed by atoms with Crippen molar-refractivity contribution in [3.05, 3.63) is 16.0 Å². The fourth-order valence-corrected chi connectivity index (χ4v) is 1.93. The minimum atomic E-state index is 0.483. The Kier molecular flexibility index (Phi) is 6.52. The molecule has 0 radical (unpaired) electrons. The van der Waals surface area contributed by atoms with Crippen LogP contribution < -0.4 is 5.32 Å². The predicted molar refractivity (Wildman–Crippen MR) is 76.9 cm³/mol. The van der Waals surface area contributed by atoms with E-state index in [1.165, 1.54) is 0 Å². The van der Waals surface area contributed by atoms with Crippen molar-refractivity contribution in [1.29, 1.82) is 0 Å². The Labute approximate surface area is 117 Å². The molecule has 0 saturated carbocycles. The Balaban J connectivity index is 2.95. The largest absolute Gasteiger partial charge is 0.378 e. The molecule has 0 saturated heterocycles. The second kappa shape index (κ2) is 7.66. The molecule has 6 heteroatoms. The molecule has 1 aromatic rings. The second-order valence-electron chi connectivity index (χ2n) is 4.27. The molecule has 0 unspecified atom stereocenters. The third-order valence-corrected chi connectivity index (χ3v) is 3.21. The van der Waals surface area contributed by atoms with Gasteiger partial charge in [0.15, 0.2) is 0 Å². The van der Waals surface area contributed by atoms with Crippen LogP contribution in [-0.2, 0) is 17.8 Å². The number of rotatable bonds is 7. The first-order valence-corrected chi connectivity index (χ1v) is 6.80. The predicted octanol–water partition coefficient (Wildman–Crippen LogP) is 1.92. The van der Waals surface area contributed by atoms with Crippen LogP contribution in [0.2, 0.25) is 0 Å². The number of hydrogen-bond acceptors (Lipinski definition) is 5. The summed E-state index contributed by atoms with van der Waals surface area (Å²) in [4.78, 5) is 11.2. The van der Waals surface area contributed by atoms with E-state index in [2.05, 4.69) is 36.1 Å². The highest BCUT2D eigenvalue weighted by atomic mass is 79.9. The molecular weight excluding hydrogens is 296 g/mol. The summed E-state index contributed by atoms with van der Waals surface area (Å²) >= 11 is 3.52. The summed E-state index contributed by atoms with van der Waals surface area (Å²) in [6, 6.07) is 0. The molecule has 0 amide bonds. The molecule has 5 nitrogen and oxygen atoms in total. The minimum Gasteiger partial charge on any atom is -0.378 e. The zero-order valence-corrected chi connectivity index (χ0v) is 13.0. The van der Waals surface area contributed by atoms with Gasteiger partial charge in [-0.15, -0.1) is 0 Å². The van der Waals surface area contributed by atoms with Gasteiger partial charge in [0, 0.05) is 26.6 Å². The molecule has 0 aliphatic heterocycles. The standard InChI is InChI=1S/C12H21BrN4O/c1-5-14-12-11(13)9(8-18-4)15-10(16-12)6-7-17(2)3/h5-8H2,1-4H3,(H,14,15,16). The molecule has 0 bridgehead atoms. The van der Waals surface area contributed by atoms with Crippen molar-refractivity contribution >= 4 is 21.7 Å². The lowest BCUT2D eigenvalue weighted by Gasteiger charge is -2.13. The second-order valence-corrected chi connectivity index (χ2v) is 5.06. The topological polar surface area (TPSA) is 50.3 Å². The van der Waals surface area contributed by atoms with Crippen LogP contribution in [0.3, 0.4) is 0 Å². The van der Waals surface area contributed by atoms with E-state index in [0.29, 0.717) is 6.61 Å². The molecule has 0 aliphatic rings. The summed E-state index contributed by atoms with van der Waals surface area (Å²) in [5.41, 5.74) is 0.886. The van der Waals surface area contributed by atoms with Gasteiger partial charge in [-0.05, 0) is 36.9 Å². The lowest BCUT2D eigenvalue weighted by atomic mass is 10.3. The number of ether oxygens (including phenoxy) is 1. The Morgan fingerprint density at radius 1 is 1.33 bits per heavy atom. The number of methoxy groups -OCH3 is 1. The number of likely N-dealkylation sites (N-methyl/N-ethyl adjacent to an activating group) is 1. The maximum atomic E-state index is 5.16. The van der Waals surface area contributed by atoms with E-state index >= 15 is 0 Å². The van der Waals surface area contributed by atoms with Crippen LogP contribution in [0, 0.1) is 0 Å². The average Bonchev–Trinajstić information content (AvgIpc) is 2.32. The molecule has 1 N–H and O–H groups in total. The van der Waals surface area contributed by atoms with Crippen LogP contribution in [0.15, 0.2) is 4.47 Å². The van der Waals surface area contributed by atoms with Crippen molar-refractivity contribution in [2.24, 2.45) is 0 Å². The molecule has 0 aliphatic carbocycles.